The Hall–Kier alpha value is -0.910. The van der Waals surface area contributed by atoms with Gasteiger partial charge in [0.15, 0.2) is 0 Å². The fourth-order valence-electron chi connectivity index (χ4n) is 1.33. The smallest absolute Gasteiger partial charge is 0.258 e. The molecule has 0 aliphatic carbocycles. The molecule has 1 amide bonds. The highest BCUT2D eigenvalue weighted by molar-refractivity contribution is 9.10. The summed E-state index contributed by atoms with van der Waals surface area (Å²) in [6.07, 6.45) is 1.61. The fourth-order valence-corrected chi connectivity index (χ4v) is 2.19. The molecule has 1 aromatic heterocycles. The van der Waals surface area contributed by atoms with Gasteiger partial charge in [-0.25, -0.2) is 4.98 Å². The van der Waals surface area contributed by atoms with Crippen LogP contribution >= 0.6 is 43.5 Å². The van der Waals surface area contributed by atoms with E-state index in [1.807, 2.05) is 0 Å². The summed E-state index contributed by atoms with van der Waals surface area (Å²) in [7, 11) is 0. The van der Waals surface area contributed by atoms with Crippen LogP contribution in [0.4, 0.5) is 5.69 Å². The normalized spacial score (nSPS) is 10.2. The van der Waals surface area contributed by atoms with Gasteiger partial charge in [0.1, 0.15) is 4.60 Å². The number of amides is 1. The number of halogens is 3. The summed E-state index contributed by atoms with van der Waals surface area (Å²) in [5, 5.41) is 3.29. The van der Waals surface area contributed by atoms with Gasteiger partial charge in [0.05, 0.1) is 10.6 Å². The van der Waals surface area contributed by atoms with Crippen molar-refractivity contribution in [1.29, 1.82) is 0 Å². The summed E-state index contributed by atoms with van der Waals surface area (Å²) < 4.78 is 1.29. The number of carbonyl (C=O) groups is 1. The highest BCUT2D eigenvalue weighted by Gasteiger charge is 2.10. The first kappa shape index (κ1) is 13.5. The summed E-state index contributed by atoms with van der Waals surface area (Å²) in [6, 6.07) is 8.60. The molecule has 2 aromatic rings. The lowest BCUT2D eigenvalue weighted by atomic mass is 10.2. The van der Waals surface area contributed by atoms with Crippen molar-refractivity contribution in [2.45, 2.75) is 0 Å². The van der Waals surface area contributed by atoms with Gasteiger partial charge in [-0.2, -0.15) is 0 Å². The topological polar surface area (TPSA) is 42.0 Å². The average Bonchev–Trinajstić information content (AvgIpc) is 2.34. The van der Waals surface area contributed by atoms with Crippen LogP contribution in [0, 0.1) is 0 Å². The number of carbonyl (C=O) groups excluding carboxylic acids is 1. The molecule has 0 aliphatic heterocycles. The minimum absolute atomic E-state index is 0.242. The van der Waals surface area contributed by atoms with E-state index in [0.29, 0.717) is 20.9 Å². The van der Waals surface area contributed by atoms with Crippen LogP contribution in [0.1, 0.15) is 10.4 Å². The number of rotatable bonds is 2. The van der Waals surface area contributed by atoms with Gasteiger partial charge in [-0.05, 0) is 62.2 Å². The average molecular weight is 390 g/mol. The molecular weight excluding hydrogens is 383 g/mol. The summed E-state index contributed by atoms with van der Waals surface area (Å²) in [5.41, 5.74) is 1.10. The second-order valence-corrected chi connectivity index (χ2v) is 5.44. The van der Waals surface area contributed by atoms with E-state index < -0.39 is 0 Å². The predicted octanol–water partition coefficient (Wildman–Crippen LogP) is 4.51. The van der Waals surface area contributed by atoms with Crippen molar-refractivity contribution >= 4 is 55.1 Å². The number of aromatic nitrogens is 1. The van der Waals surface area contributed by atoms with Crippen molar-refractivity contribution < 1.29 is 4.79 Å². The molecule has 1 N–H and O–H groups in total. The molecule has 0 saturated heterocycles. The number of pyridine rings is 1. The second-order valence-electron chi connectivity index (χ2n) is 3.42. The molecule has 1 heterocycles. The minimum Gasteiger partial charge on any atom is -0.322 e. The molecule has 18 heavy (non-hydrogen) atoms. The van der Waals surface area contributed by atoms with E-state index in [0.717, 1.165) is 4.47 Å². The van der Waals surface area contributed by atoms with E-state index >= 15 is 0 Å². The highest BCUT2D eigenvalue weighted by atomic mass is 79.9. The molecule has 92 valence electrons. The molecule has 0 bridgehead atoms. The summed E-state index contributed by atoms with van der Waals surface area (Å²) in [4.78, 5) is 16.0. The van der Waals surface area contributed by atoms with Gasteiger partial charge >= 0.3 is 0 Å². The first-order valence-corrected chi connectivity index (χ1v) is 6.91. The first-order valence-electron chi connectivity index (χ1n) is 4.95. The Labute approximate surface area is 126 Å². The highest BCUT2D eigenvalue weighted by Crippen LogP contribution is 2.26. The van der Waals surface area contributed by atoms with Crippen LogP contribution in [0.15, 0.2) is 45.6 Å². The zero-order valence-corrected chi connectivity index (χ0v) is 12.9. The van der Waals surface area contributed by atoms with Crippen LogP contribution in [-0.4, -0.2) is 10.9 Å². The van der Waals surface area contributed by atoms with Crippen molar-refractivity contribution in [3.8, 4) is 0 Å². The maximum absolute atomic E-state index is 12.0. The molecule has 2 rings (SSSR count). The Kier molecular flexibility index (Phi) is 4.37. The molecule has 1 aromatic carbocycles. The van der Waals surface area contributed by atoms with Gasteiger partial charge in [0.2, 0.25) is 0 Å². The third-order valence-electron chi connectivity index (χ3n) is 2.18. The van der Waals surface area contributed by atoms with Crippen LogP contribution in [0.25, 0.3) is 0 Å². The van der Waals surface area contributed by atoms with E-state index in [9.17, 15) is 4.79 Å². The lowest BCUT2D eigenvalue weighted by molar-refractivity contribution is 0.102. The van der Waals surface area contributed by atoms with E-state index in [-0.39, 0.29) is 5.91 Å². The predicted molar refractivity (Wildman–Crippen MR) is 79.0 cm³/mol. The molecule has 6 heteroatoms. The van der Waals surface area contributed by atoms with Crippen LogP contribution in [0.5, 0.6) is 0 Å². The number of hydrogen-bond donors (Lipinski definition) is 1. The molecule has 0 aliphatic rings. The van der Waals surface area contributed by atoms with Gasteiger partial charge in [0, 0.05) is 16.4 Å². The maximum atomic E-state index is 12.0. The Bertz CT molecular complexity index is 604. The van der Waals surface area contributed by atoms with E-state index in [1.54, 1.807) is 36.5 Å². The third-order valence-corrected chi connectivity index (χ3v) is 4.05. The molecular formula is C12H7Br2ClN2O. The van der Waals surface area contributed by atoms with Crippen LogP contribution in [-0.2, 0) is 0 Å². The van der Waals surface area contributed by atoms with Crippen LogP contribution in [0.3, 0.4) is 0 Å². The Morgan fingerprint density at radius 3 is 2.72 bits per heavy atom. The largest absolute Gasteiger partial charge is 0.322 e. The van der Waals surface area contributed by atoms with Gasteiger partial charge in [0.25, 0.3) is 5.91 Å². The molecule has 0 fully saturated rings. The van der Waals surface area contributed by atoms with Gasteiger partial charge in [-0.1, -0.05) is 11.6 Å². The lowest BCUT2D eigenvalue weighted by Gasteiger charge is -2.07. The van der Waals surface area contributed by atoms with Crippen molar-refractivity contribution in [1.82, 2.24) is 4.98 Å². The van der Waals surface area contributed by atoms with Gasteiger partial charge in [-0.3, -0.25) is 4.79 Å². The molecule has 0 unspecified atom stereocenters. The Balaban J connectivity index is 2.22. The monoisotopic (exact) mass is 388 g/mol. The van der Waals surface area contributed by atoms with Crippen molar-refractivity contribution in [3.63, 3.8) is 0 Å². The van der Waals surface area contributed by atoms with E-state index in [2.05, 4.69) is 42.2 Å². The quantitative estimate of drug-likeness (QED) is 0.767. The number of benzene rings is 1. The summed E-state index contributed by atoms with van der Waals surface area (Å²) in [5.74, 6) is -0.242. The third kappa shape index (κ3) is 3.10. The summed E-state index contributed by atoms with van der Waals surface area (Å²) >= 11 is 12.5. The molecule has 3 nitrogen and oxygen atoms in total. The summed E-state index contributed by atoms with van der Waals surface area (Å²) in [6.45, 7) is 0. The van der Waals surface area contributed by atoms with E-state index in [4.69, 9.17) is 11.6 Å². The Morgan fingerprint density at radius 2 is 2.06 bits per heavy atom. The SMILES string of the molecule is O=C(Nc1ccc(Br)c(Cl)c1)c1cccnc1Br. The maximum Gasteiger partial charge on any atom is 0.258 e. The standard InChI is InChI=1S/C12H7Br2ClN2O/c13-9-4-3-7(6-10(9)15)17-12(18)8-2-1-5-16-11(8)14/h1-6H,(H,17,18). The van der Waals surface area contributed by atoms with Crippen molar-refractivity contribution in [3.05, 3.63) is 56.2 Å². The number of anilines is 1. The number of nitrogens with one attached hydrogen (secondary N) is 1. The first-order chi connectivity index (χ1) is 8.58. The van der Waals surface area contributed by atoms with Crippen LogP contribution in [0.2, 0.25) is 5.02 Å². The number of hydrogen-bond acceptors (Lipinski definition) is 2. The zero-order chi connectivity index (χ0) is 13.1. The fraction of sp³-hybridized carbons (Fsp3) is 0. The number of nitrogens with zero attached hydrogens (tertiary/aromatic N) is 1. The van der Waals surface area contributed by atoms with Gasteiger partial charge in [-0.15, -0.1) is 0 Å². The van der Waals surface area contributed by atoms with Crippen LogP contribution < -0.4 is 5.32 Å². The molecule has 0 spiro atoms. The lowest BCUT2D eigenvalue weighted by Crippen LogP contribution is -2.12. The van der Waals surface area contributed by atoms with Gasteiger partial charge < -0.3 is 5.32 Å². The molecule has 0 radical (unpaired) electrons. The van der Waals surface area contributed by atoms with Crippen molar-refractivity contribution in [2.75, 3.05) is 5.32 Å². The zero-order valence-electron chi connectivity index (χ0n) is 8.95. The second kappa shape index (κ2) is 5.82. The minimum atomic E-state index is -0.242. The van der Waals surface area contributed by atoms with E-state index in [1.165, 1.54) is 0 Å². The molecule has 0 atom stereocenters. The van der Waals surface area contributed by atoms with Crippen molar-refractivity contribution in [2.24, 2.45) is 0 Å². The molecule has 0 saturated carbocycles. The Morgan fingerprint density at radius 1 is 1.28 bits per heavy atom.